The highest BCUT2D eigenvalue weighted by Gasteiger charge is 2.07. The highest BCUT2D eigenvalue weighted by molar-refractivity contribution is 7.83. The van der Waals surface area contributed by atoms with Crippen molar-refractivity contribution in [1.82, 2.24) is 4.89 Å². The van der Waals surface area contributed by atoms with E-state index in [4.69, 9.17) is 9.39 Å². The second-order valence-corrected chi connectivity index (χ2v) is 6.26. The lowest BCUT2D eigenvalue weighted by Gasteiger charge is -2.09. The predicted molar refractivity (Wildman–Crippen MR) is 83.5 cm³/mol. The molecule has 0 aromatic heterocycles. The third-order valence-corrected chi connectivity index (χ3v) is 3.57. The Kier molecular flexibility index (Phi) is 8.34. The quantitative estimate of drug-likeness (QED) is 0.371. The molecule has 0 amide bonds. The van der Waals surface area contributed by atoms with Gasteiger partial charge in [0, 0.05) is 0 Å². The molecule has 0 radical (unpaired) electrons. The van der Waals surface area contributed by atoms with Crippen LogP contribution >= 0.6 is 0 Å². The number of aryl methyl sites for hydroxylation is 1. The first-order chi connectivity index (χ1) is 10.0. The molecule has 2 N–H and O–H groups in total. The van der Waals surface area contributed by atoms with Crippen molar-refractivity contribution in [2.45, 2.75) is 58.3 Å². The summed E-state index contributed by atoms with van der Waals surface area (Å²) < 4.78 is 29.9. The SMILES string of the molecule is CCCCCCCCCc1ccccc1ONS(=O)(=O)O. The Morgan fingerprint density at radius 3 is 2.33 bits per heavy atom. The van der Waals surface area contributed by atoms with Crippen LogP contribution in [0.5, 0.6) is 5.75 Å². The van der Waals surface area contributed by atoms with Gasteiger partial charge in [-0.3, -0.25) is 4.55 Å². The van der Waals surface area contributed by atoms with Crippen LogP contribution in [0.2, 0.25) is 0 Å². The Balaban J connectivity index is 2.34. The van der Waals surface area contributed by atoms with Crippen molar-refractivity contribution in [2.24, 2.45) is 0 Å². The maximum Gasteiger partial charge on any atom is 0.364 e. The van der Waals surface area contributed by atoms with Crippen molar-refractivity contribution in [1.29, 1.82) is 0 Å². The van der Waals surface area contributed by atoms with Gasteiger partial charge in [-0.15, -0.1) is 0 Å². The summed E-state index contributed by atoms with van der Waals surface area (Å²) in [5, 5.41) is 0. The molecular formula is C15H25NO4S. The third kappa shape index (κ3) is 8.70. The Hall–Kier alpha value is -1.11. The minimum atomic E-state index is -4.35. The fraction of sp³-hybridized carbons (Fsp3) is 0.600. The number of benzene rings is 1. The van der Waals surface area contributed by atoms with Crippen molar-refractivity contribution < 1.29 is 17.8 Å². The highest BCUT2D eigenvalue weighted by Crippen LogP contribution is 2.20. The van der Waals surface area contributed by atoms with E-state index < -0.39 is 10.3 Å². The second-order valence-electron chi connectivity index (χ2n) is 5.14. The lowest BCUT2D eigenvalue weighted by molar-refractivity contribution is 0.249. The zero-order valence-electron chi connectivity index (χ0n) is 12.5. The fourth-order valence-electron chi connectivity index (χ4n) is 2.18. The van der Waals surface area contributed by atoms with Crippen molar-refractivity contribution in [3.05, 3.63) is 29.8 Å². The molecule has 0 unspecified atom stereocenters. The topological polar surface area (TPSA) is 75.6 Å². The Morgan fingerprint density at radius 1 is 1.05 bits per heavy atom. The average Bonchev–Trinajstić information content (AvgIpc) is 2.44. The summed E-state index contributed by atoms with van der Waals surface area (Å²) in [7, 11) is -4.35. The second kappa shape index (κ2) is 9.76. The van der Waals surface area contributed by atoms with Gasteiger partial charge in [-0.1, -0.05) is 63.6 Å². The molecular weight excluding hydrogens is 290 g/mol. The minimum Gasteiger partial charge on any atom is -0.392 e. The maximum absolute atomic E-state index is 10.6. The first-order valence-corrected chi connectivity index (χ1v) is 8.96. The molecule has 0 saturated heterocycles. The number of rotatable bonds is 11. The molecule has 120 valence electrons. The van der Waals surface area contributed by atoms with Gasteiger partial charge in [-0.05, 0) is 29.4 Å². The van der Waals surface area contributed by atoms with Crippen molar-refractivity contribution >= 4 is 10.3 Å². The smallest absolute Gasteiger partial charge is 0.364 e. The Labute approximate surface area is 127 Å². The maximum atomic E-state index is 10.6. The molecule has 0 heterocycles. The van der Waals surface area contributed by atoms with E-state index in [0.29, 0.717) is 5.75 Å². The van der Waals surface area contributed by atoms with Crippen LogP contribution in [0.3, 0.4) is 0 Å². The first-order valence-electron chi connectivity index (χ1n) is 7.52. The molecule has 21 heavy (non-hydrogen) atoms. The summed E-state index contributed by atoms with van der Waals surface area (Å²) in [5.41, 5.74) is 0.933. The van der Waals surface area contributed by atoms with Gasteiger partial charge in [0.05, 0.1) is 0 Å². The average molecular weight is 315 g/mol. The van der Waals surface area contributed by atoms with E-state index in [9.17, 15) is 8.42 Å². The number of para-hydroxylation sites is 1. The summed E-state index contributed by atoms with van der Waals surface area (Å²) in [6, 6.07) is 7.22. The van der Waals surface area contributed by atoms with Gasteiger partial charge < -0.3 is 4.84 Å². The van der Waals surface area contributed by atoms with Crippen LogP contribution in [0.1, 0.15) is 57.4 Å². The molecule has 0 atom stereocenters. The normalized spacial score (nSPS) is 11.5. The van der Waals surface area contributed by atoms with E-state index in [1.165, 1.54) is 32.1 Å². The van der Waals surface area contributed by atoms with Gasteiger partial charge in [0.15, 0.2) is 5.75 Å². The van der Waals surface area contributed by atoms with Gasteiger partial charge >= 0.3 is 10.3 Å². The molecule has 0 aliphatic heterocycles. The van der Waals surface area contributed by atoms with Gasteiger partial charge in [-0.2, -0.15) is 8.42 Å². The first kappa shape index (κ1) is 17.9. The molecule has 0 aliphatic carbocycles. The van der Waals surface area contributed by atoms with E-state index in [1.807, 2.05) is 12.1 Å². The van der Waals surface area contributed by atoms with Gasteiger partial charge in [-0.25, -0.2) is 0 Å². The molecule has 0 aliphatic rings. The van der Waals surface area contributed by atoms with Gasteiger partial charge in [0.2, 0.25) is 0 Å². The summed E-state index contributed by atoms with van der Waals surface area (Å²) in [6.07, 6.45) is 9.39. The lowest BCUT2D eigenvalue weighted by atomic mass is 10.0. The van der Waals surface area contributed by atoms with Crippen LogP contribution < -0.4 is 9.72 Å². The fourth-order valence-corrected chi connectivity index (χ4v) is 2.38. The standard InChI is InChI=1S/C15H25NO4S/c1-2-3-4-5-6-7-8-11-14-12-9-10-13-15(14)20-16-21(17,18)19/h9-10,12-13,16H,2-8,11H2,1H3,(H,17,18,19). The monoisotopic (exact) mass is 315 g/mol. The summed E-state index contributed by atoms with van der Waals surface area (Å²) in [5.74, 6) is 0.432. The molecule has 0 fully saturated rings. The zero-order chi connectivity index (χ0) is 15.6. The number of hydrogen-bond acceptors (Lipinski definition) is 3. The lowest BCUT2D eigenvalue weighted by Crippen LogP contribution is -2.26. The molecule has 5 nitrogen and oxygen atoms in total. The van der Waals surface area contributed by atoms with Gasteiger partial charge in [0.25, 0.3) is 0 Å². The van der Waals surface area contributed by atoms with Crippen LogP contribution in [0.25, 0.3) is 0 Å². The molecule has 1 rings (SSSR count). The van der Waals surface area contributed by atoms with E-state index in [0.717, 1.165) is 24.8 Å². The number of unbranched alkanes of at least 4 members (excludes halogenated alkanes) is 6. The summed E-state index contributed by atoms with van der Waals surface area (Å²) >= 11 is 0. The van der Waals surface area contributed by atoms with Crippen molar-refractivity contribution in [3.63, 3.8) is 0 Å². The molecule has 0 spiro atoms. The van der Waals surface area contributed by atoms with Gasteiger partial charge in [0.1, 0.15) is 0 Å². The molecule has 1 aromatic carbocycles. The van der Waals surface area contributed by atoms with E-state index in [1.54, 1.807) is 17.0 Å². The number of nitrogens with one attached hydrogen (secondary N) is 1. The number of hydrogen-bond donors (Lipinski definition) is 2. The van der Waals surface area contributed by atoms with E-state index in [-0.39, 0.29) is 0 Å². The van der Waals surface area contributed by atoms with Crippen LogP contribution in [0, 0.1) is 0 Å². The largest absolute Gasteiger partial charge is 0.392 e. The van der Waals surface area contributed by atoms with Crippen LogP contribution in [0.15, 0.2) is 24.3 Å². The van der Waals surface area contributed by atoms with Crippen LogP contribution in [0.4, 0.5) is 0 Å². The highest BCUT2D eigenvalue weighted by atomic mass is 32.2. The molecule has 0 saturated carbocycles. The predicted octanol–water partition coefficient (Wildman–Crippen LogP) is 3.67. The Morgan fingerprint density at radius 2 is 1.67 bits per heavy atom. The zero-order valence-corrected chi connectivity index (χ0v) is 13.4. The molecule has 6 heteroatoms. The van der Waals surface area contributed by atoms with E-state index >= 15 is 0 Å². The van der Waals surface area contributed by atoms with Crippen LogP contribution in [-0.4, -0.2) is 13.0 Å². The third-order valence-electron chi connectivity index (χ3n) is 3.28. The summed E-state index contributed by atoms with van der Waals surface area (Å²) in [4.78, 5) is 6.55. The minimum absolute atomic E-state index is 0.432. The molecule has 1 aromatic rings. The summed E-state index contributed by atoms with van der Waals surface area (Å²) in [6.45, 7) is 2.21. The van der Waals surface area contributed by atoms with E-state index in [2.05, 4.69) is 6.92 Å². The van der Waals surface area contributed by atoms with Crippen molar-refractivity contribution in [2.75, 3.05) is 0 Å². The van der Waals surface area contributed by atoms with Crippen molar-refractivity contribution in [3.8, 4) is 5.75 Å². The molecule has 0 bridgehead atoms. The van der Waals surface area contributed by atoms with Crippen LogP contribution in [-0.2, 0) is 16.7 Å². The Bertz CT molecular complexity index is 502.